The quantitative estimate of drug-likeness (QED) is 0.568. The minimum absolute atomic E-state index is 0.125. The van der Waals surface area contributed by atoms with Gasteiger partial charge >= 0.3 is 0 Å². The van der Waals surface area contributed by atoms with Crippen molar-refractivity contribution in [1.29, 1.82) is 0 Å². The summed E-state index contributed by atoms with van der Waals surface area (Å²) in [5.74, 6) is 0.203. The molecular weight excluding hydrogens is 479 g/mol. The zero-order chi connectivity index (χ0) is 21.6. The van der Waals surface area contributed by atoms with Gasteiger partial charge in [0.2, 0.25) is 5.91 Å². The minimum Gasteiger partial charge on any atom is -0.484 e. The molecule has 2 aromatic rings. The predicted octanol–water partition coefficient (Wildman–Crippen LogP) is 4.31. The van der Waals surface area contributed by atoms with E-state index in [0.29, 0.717) is 12.3 Å². The maximum absolute atomic E-state index is 13.0. The zero-order valence-corrected chi connectivity index (χ0v) is 19.8. The third kappa shape index (κ3) is 7.68. The first-order chi connectivity index (χ1) is 13.5. The van der Waals surface area contributed by atoms with E-state index in [4.69, 9.17) is 4.74 Å². The van der Waals surface area contributed by atoms with Gasteiger partial charge in [-0.1, -0.05) is 29.8 Å². The van der Waals surface area contributed by atoms with Crippen molar-refractivity contribution in [1.82, 2.24) is 10.2 Å². The van der Waals surface area contributed by atoms with Gasteiger partial charge in [0.15, 0.2) is 6.61 Å². The number of nitrogens with one attached hydrogen (secondary N) is 1. The lowest BCUT2D eigenvalue weighted by atomic mass is 10.1. The van der Waals surface area contributed by atoms with E-state index in [1.807, 2.05) is 76.2 Å². The SMILES string of the molecule is Cc1ccc(CN(C(=O)COc2ccc(I)cc2)[C@H](C)C(=O)NC(C)(C)C)cc1. The van der Waals surface area contributed by atoms with Crippen LogP contribution >= 0.6 is 22.6 Å². The molecular formula is C23H29IN2O3. The molecule has 0 radical (unpaired) electrons. The summed E-state index contributed by atoms with van der Waals surface area (Å²) in [5.41, 5.74) is 1.74. The third-order valence-corrected chi connectivity index (χ3v) is 5.03. The maximum Gasteiger partial charge on any atom is 0.261 e. The van der Waals surface area contributed by atoms with E-state index >= 15 is 0 Å². The lowest BCUT2D eigenvalue weighted by Gasteiger charge is -2.31. The molecule has 0 heterocycles. The number of amides is 2. The molecule has 6 heteroatoms. The van der Waals surface area contributed by atoms with Crippen molar-refractivity contribution >= 4 is 34.4 Å². The van der Waals surface area contributed by atoms with Gasteiger partial charge < -0.3 is 15.0 Å². The second-order valence-corrected chi connectivity index (χ2v) is 9.41. The fraction of sp³-hybridized carbons (Fsp3) is 0.391. The largest absolute Gasteiger partial charge is 0.484 e. The number of aryl methyl sites for hydroxylation is 1. The summed E-state index contributed by atoms with van der Waals surface area (Å²) in [7, 11) is 0. The number of nitrogens with zero attached hydrogens (tertiary/aromatic N) is 1. The summed E-state index contributed by atoms with van der Waals surface area (Å²) < 4.78 is 6.76. The van der Waals surface area contributed by atoms with Crippen molar-refractivity contribution in [2.75, 3.05) is 6.61 Å². The topological polar surface area (TPSA) is 58.6 Å². The highest BCUT2D eigenvalue weighted by atomic mass is 127. The van der Waals surface area contributed by atoms with Crippen LogP contribution in [0.1, 0.15) is 38.8 Å². The van der Waals surface area contributed by atoms with Crippen molar-refractivity contribution in [3.63, 3.8) is 0 Å². The van der Waals surface area contributed by atoms with E-state index in [1.54, 1.807) is 11.8 Å². The van der Waals surface area contributed by atoms with Crippen LogP contribution in [0, 0.1) is 10.5 Å². The van der Waals surface area contributed by atoms with Crippen LogP contribution in [0.2, 0.25) is 0 Å². The maximum atomic E-state index is 13.0. The molecule has 2 aromatic carbocycles. The first-order valence-corrected chi connectivity index (χ1v) is 10.7. The number of carbonyl (C=O) groups is 2. The Labute approximate surface area is 187 Å². The molecule has 29 heavy (non-hydrogen) atoms. The van der Waals surface area contributed by atoms with Gasteiger partial charge in [0.05, 0.1) is 0 Å². The van der Waals surface area contributed by atoms with Crippen LogP contribution in [0.15, 0.2) is 48.5 Å². The van der Waals surface area contributed by atoms with E-state index in [0.717, 1.165) is 14.7 Å². The number of carbonyl (C=O) groups excluding carboxylic acids is 2. The van der Waals surface area contributed by atoms with Crippen LogP contribution in [0.4, 0.5) is 0 Å². The number of hydrogen-bond acceptors (Lipinski definition) is 3. The van der Waals surface area contributed by atoms with E-state index in [9.17, 15) is 9.59 Å². The molecule has 2 rings (SSSR count). The van der Waals surface area contributed by atoms with Crippen LogP contribution in [0.25, 0.3) is 0 Å². The highest BCUT2D eigenvalue weighted by Gasteiger charge is 2.28. The molecule has 0 saturated carbocycles. The molecule has 156 valence electrons. The molecule has 1 N–H and O–H groups in total. The van der Waals surface area contributed by atoms with Crippen LogP contribution in [-0.2, 0) is 16.1 Å². The second kappa shape index (κ2) is 10.1. The summed E-state index contributed by atoms with van der Waals surface area (Å²) in [5, 5.41) is 2.95. The van der Waals surface area contributed by atoms with Crippen LogP contribution in [0.5, 0.6) is 5.75 Å². The van der Waals surface area contributed by atoms with Crippen LogP contribution < -0.4 is 10.1 Å². The number of hydrogen-bond donors (Lipinski definition) is 1. The molecule has 0 fully saturated rings. The van der Waals surface area contributed by atoms with E-state index in [-0.39, 0.29) is 24.0 Å². The summed E-state index contributed by atoms with van der Waals surface area (Å²) >= 11 is 2.21. The second-order valence-electron chi connectivity index (χ2n) is 8.17. The standard InChI is InChI=1S/C23H29IN2O3/c1-16-6-8-18(9-7-16)14-26(17(2)22(28)25-23(3,4)5)21(27)15-29-20-12-10-19(24)11-13-20/h6-13,17H,14-15H2,1-5H3,(H,25,28)/t17-/m1/s1. The first kappa shape index (κ1) is 23.2. The summed E-state index contributed by atoms with van der Waals surface area (Å²) in [6.45, 7) is 9.74. The Bertz CT molecular complexity index is 827. The number of ether oxygens (including phenoxy) is 1. The fourth-order valence-electron chi connectivity index (χ4n) is 2.71. The average Bonchev–Trinajstić information content (AvgIpc) is 2.65. The lowest BCUT2D eigenvalue weighted by Crippen LogP contribution is -2.53. The summed E-state index contributed by atoms with van der Waals surface area (Å²) in [4.78, 5) is 27.3. The highest BCUT2D eigenvalue weighted by Crippen LogP contribution is 2.15. The molecule has 0 aliphatic carbocycles. The zero-order valence-electron chi connectivity index (χ0n) is 17.7. The molecule has 0 aliphatic rings. The van der Waals surface area contributed by atoms with Crippen molar-refractivity contribution < 1.29 is 14.3 Å². The Morgan fingerprint density at radius 2 is 1.66 bits per heavy atom. The van der Waals surface area contributed by atoms with Gasteiger partial charge in [-0.3, -0.25) is 9.59 Å². The number of benzene rings is 2. The fourth-order valence-corrected chi connectivity index (χ4v) is 3.07. The predicted molar refractivity (Wildman–Crippen MR) is 124 cm³/mol. The van der Waals surface area contributed by atoms with Gasteiger partial charge in [0.25, 0.3) is 5.91 Å². The molecule has 0 saturated heterocycles. The van der Waals surface area contributed by atoms with Crippen LogP contribution in [0.3, 0.4) is 0 Å². The van der Waals surface area contributed by atoms with Gasteiger partial charge in [0.1, 0.15) is 11.8 Å². The lowest BCUT2D eigenvalue weighted by molar-refractivity contribution is -0.142. The summed E-state index contributed by atoms with van der Waals surface area (Å²) in [6, 6.07) is 14.8. The Morgan fingerprint density at radius 1 is 1.07 bits per heavy atom. The molecule has 0 aromatic heterocycles. The molecule has 2 amide bonds. The molecule has 0 spiro atoms. The van der Waals surface area contributed by atoms with E-state index in [2.05, 4.69) is 27.9 Å². The van der Waals surface area contributed by atoms with E-state index < -0.39 is 6.04 Å². The van der Waals surface area contributed by atoms with Crippen molar-refractivity contribution in [3.8, 4) is 5.75 Å². The van der Waals surface area contributed by atoms with Gasteiger partial charge in [-0.15, -0.1) is 0 Å². The minimum atomic E-state index is -0.622. The normalized spacial score (nSPS) is 12.2. The van der Waals surface area contributed by atoms with Gasteiger partial charge in [0, 0.05) is 15.7 Å². The monoisotopic (exact) mass is 508 g/mol. The van der Waals surface area contributed by atoms with Crippen LogP contribution in [-0.4, -0.2) is 34.9 Å². The molecule has 0 aliphatic heterocycles. The molecule has 5 nitrogen and oxygen atoms in total. The molecule has 0 unspecified atom stereocenters. The molecule has 0 bridgehead atoms. The first-order valence-electron chi connectivity index (χ1n) is 9.60. The van der Waals surface area contributed by atoms with Gasteiger partial charge in [-0.05, 0) is 87.0 Å². The van der Waals surface area contributed by atoms with E-state index in [1.165, 1.54) is 0 Å². The van der Waals surface area contributed by atoms with Gasteiger partial charge in [-0.25, -0.2) is 0 Å². The average molecular weight is 508 g/mol. The summed E-state index contributed by atoms with van der Waals surface area (Å²) in [6.07, 6.45) is 0. The highest BCUT2D eigenvalue weighted by molar-refractivity contribution is 14.1. The number of rotatable bonds is 7. The Kier molecular flexibility index (Phi) is 8.07. The molecule has 1 atom stereocenters. The Morgan fingerprint density at radius 3 is 2.21 bits per heavy atom. The van der Waals surface area contributed by atoms with Crippen molar-refractivity contribution in [2.24, 2.45) is 0 Å². The van der Waals surface area contributed by atoms with Crippen molar-refractivity contribution in [2.45, 2.75) is 52.7 Å². The third-order valence-electron chi connectivity index (χ3n) is 4.31. The number of halogens is 1. The van der Waals surface area contributed by atoms with Gasteiger partial charge in [-0.2, -0.15) is 0 Å². The smallest absolute Gasteiger partial charge is 0.261 e. The Balaban J connectivity index is 2.15. The van der Waals surface area contributed by atoms with Crippen molar-refractivity contribution in [3.05, 3.63) is 63.2 Å². The Hall–Kier alpha value is -2.09.